The van der Waals surface area contributed by atoms with Crippen molar-refractivity contribution in [3.05, 3.63) is 35.6 Å². The monoisotopic (exact) mass is 238 g/mol. The molecule has 1 aliphatic heterocycles. The molecule has 0 atom stereocenters. The zero-order chi connectivity index (χ0) is 12.3. The Morgan fingerprint density at radius 3 is 2.76 bits per heavy atom. The van der Waals surface area contributed by atoms with Crippen molar-refractivity contribution >= 4 is 5.91 Å². The number of amides is 1. The fourth-order valence-electron chi connectivity index (χ4n) is 1.68. The largest absolute Gasteiger partial charge is 0.385 e. The minimum atomic E-state index is -0.842. The van der Waals surface area contributed by atoms with E-state index in [9.17, 15) is 14.3 Å². The maximum absolute atomic E-state index is 13.3. The van der Waals surface area contributed by atoms with Crippen LogP contribution in [0.4, 0.5) is 4.39 Å². The summed E-state index contributed by atoms with van der Waals surface area (Å²) in [5.74, 6) is -0.665. The molecule has 0 spiro atoms. The number of halogens is 1. The molecular formula is C12H15FN2O2. The van der Waals surface area contributed by atoms with Crippen molar-refractivity contribution < 1.29 is 14.3 Å². The lowest BCUT2D eigenvalue weighted by Crippen LogP contribution is -2.64. The van der Waals surface area contributed by atoms with E-state index < -0.39 is 5.60 Å². The van der Waals surface area contributed by atoms with Crippen molar-refractivity contribution in [1.82, 2.24) is 10.6 Å². The van der Waals surface area contributed by atoms with Crippen LogP contribution in [-0.2, 0) is 11.2 Å². The second-order valence-electron chi connectivity index (χ2n) is 4.37. The van der Waals surface area contributed by atoms with Gasteiger partial charge in [-0.15, -0.1) is 0 Å². The van der Waals surface area contributed by atoms with Crippen LogP contribution in [0.5, 0.6) is 0 Å². The van der Waals surface area contributed by atoms with Crippen LogP contribution in [0.25, 0.3) is 0 Å². The van der Waals surface area contributed by atoms with E-state index in [0.717, 1.165) is 0 Å². The van der Waals surface area contributed by atoms with Gasteiger partial charge in [-0.1, -0.05) is 18.2 Å². The van der Waals surface area contributed by atoms with Gasteiger partial charge in [-0.25, -0.2) is 4.39 Å². The SMILES string of the molecule is O=C(Cc1ccccc1F)NCC1(O)CNC1. The van der Waals surface area contributed by atoms with E-state index in [0.29, 0.717) is 18.7 Å². The van der Waals surface area contributed by atoms with E-state index in [2.05, 4.69) is 10.6 Å². The van der Waals surface area contributed by atoms with E-state index in [4.69, 9.17) is 0 Å². The van der Waals surface area contributed by atoms with Gasteiger partial charge in [0, 0.05) is 19.6 Å². The summed E-state index contributed by atoms with van der Waals surface area (Å²) in [5, 5.41) is 15.3. The number of nitrogens with one attached hydrogen (secondary N) is 2. The summed E-state index contributed by atoms with van der Waals surface area (Å²) in [6.45, 7) is 1.16. The number of hydrogen-bond acceptors (Lipinski definition) is 3. The summed E-state index contributed by atoms with van der Waals surface area (Å²) in [6, 6.07) is 6.18. The van der Waals surface area contributed by atoms with Gasteiger partial charge in [0.25, 0.3) is 0 Å². The molecule has 1 saturated heterocycles. The van der Waals surface area contributed by atoms with Crippen LogP contribution in [-0.4, -0.2) is 36.2 Å². The predicted octanol–water partition coefficient (Wildman–Crippen LogP) is -0.181. The summed E-state index contributed by atoms with van der Waals surface area (Å²) < 4.78 is 13.3. The molecule has 92 valence electrons. The lowest BCUT2D eigenvalue weighted by atomic mass is 9.97. The van der Waals surface area contributed by atoms with Crippen LogP contribution in [0, 0.1) is 5.82 Å². The van der Waals surface area contributed by atoms with E-state index in [1.165, 1.54) is 6.07 Å². The first-order valence-electron chi connectivity index (χ1n) is 5.52. The highest BCUT2D eigenvalue weighted by molar-refractivity contribution is 5.78. The summed E-state index contributed by atoms with van der Waals surface area (Å²) in [4.78, 5) is 11.5. The molecule has 0 radical (unpaired) electrons. The molecule has 1 aromatic rings. The standard InChI is InChI=1S/C12H15FN2O2/c13-10-4-2-1-3-9(10)5-11(16)15-8-12(17)6-14-7-12/h1-4,14,17H,5-8H2,(H,15,16). The molecule has 0 unspecified atom stereocenters. The van der Waals surface area contributed by atoms with Gasteiger partial charge in [-0.05, 0) is 11.6 Å². The quantitative estimate of drug-likeness (QED) is 0.682. The fraction of sp³-hybridized carbons (Fsp3) is 0.417. The molecule has 4 nitrogen and oxygen atoms in total. The summed E-state index contributed by atoms with van der Waals surface area (Å²) in [5.41, 5.74) is -0.478. The highest BCUT2D eigenvalue weighted by Crippen LogP contribution is 2.09. The lowest BCUT2D eigenvalue weighted by Gasteiger charge is -2.37. The molecule has 1 aliphatic rings. The Hall–Kier alpha value is -1.46. The van der Waals surface area contributed by atoms with Crippen LogP contribution >= 0.6 is 0 Å². The third-order valence-electron chi connectivity index (χ3n) is 2.83. The van der Waals surface area contributed by atoms with Crippen LogP contribution in [0.2, 0.25) is 0 Å². The second-order valence-corrected chi connectivity index (χ2v) is 4.37. The second kappa shape index (κ2) is 4.81. The molecule has 5 heteroatoms. The molecule has 1 heterocycles. The minimum absolute atomic E-state index is 0.00379. The third-order valence-corrected chi connectivity index (χ3v) is 2.83. The van der Waals surface area contributed by atoms with Crippen molar-refractivity contribution in [1.29, 1.82) is 0 Å². The van der Waals surface area contributed by atoms with E-state index in [1.807, 2.05) is 0 Å². The Morgan fingerprint density at radius 1 is 1.47 bits per heavy atom. The molecule has 2 rings (SSSR count). The van der Waals surface area contributed by atoms with Crippen molar-refractivity contribution in [3.63, 3.8) is 0 Å². The van der Waals surface area contributed by atoms with Crippen molar-refractivity contribution in [2.45, 2.75) is 12.0 Å². The van der Waals surface area contributed by atoms with Gasteiger partial charge < -0.3 is 15.7 Å². The first-order valence-corrected chi connectivity index (χ1v) is 5.52. The normalized spacial score (nSPS) is 17.3. The Bertz CT molecular complexity index is 419. The zero-order valence-electron chi connectivity index (χ0n) is 9.37. The van der Waals surface area contributed by atoms with E-state index in [1.54, 1.807) is 18.2 Å². The number of benzene rings is 1. The van der Waals surface area contributed by atoms with Crippen LogP contribution in [0.3, 0.4) is 0 Å². The average Bonchev–Trinajstić information content (AvgIpc) is 2.27. The number of rotatable bonds is 4. The number of carbonyl (C=O) groups excluding carboxylic acids is 1. The van der Waals surface area contributed by atoms with Gasteiger partial charge in [-0.2, -0.15) is 0 Å². The highest BCUT2D eigenvalue weighted by atomic mass is 19.1. The van der Waals surface area contributed by atoms with Gasteiger partial charge in [0.2, 0.25) is 5.91 Å². The summed E-state index contributed by atoms with van der Waals surface area (Å²) in [6.07, 6.45) is -0.00379. The molecule has 1 fully saturated rings. The molecule has 1 aromatic carbocycles. The van der Waals surface area contributed by atoms with Crippen LogP contribution < -0.4 is 10.6 Å². The number of carbonyl (C=O) groups is 1. The molecule has 0 aliphatic carbocycles. The third kappa shape index (κ3) is 3.01. The maximum atomic E-state index is 13.3. The topological polar surface area (TPSA) is 61.4 Å². The first-order chi connectivity index (χ1) is 8.09. The fourth-order valence-corrected chi connectivity index (χ4v) is 1.68. The summed E-state index contributed by atoms with van der Waals surface area (Å²) >= 11 is 0. The number of aliphatic hydroxyl groups is 1. The zero-order valence-corrected chi connectivity index (χ0v) is 9.37. The Kier molecular flexibility index (Phi) is 3.40. The van der Waals surface area contributed by atoms with Gasteiger partial charge >= 0.3 is 0 Å². The number of hydrogen-bond donors (Lipinski definition) is 3. The van der Waals surface area contributed by atoms with E-state index >= 15 is 0 Å². The van der Waals surface area contributed by atoms with Gasteiger partial charge in [0.1, 0.15) is 11.4 Å². The highest BCUT2D eigenvalue weighted by Gasteiger charge is 2.34. The Morgan fingerprint density at radius 2 is 2.18 bits per heavy atom. The maximum Gasteiger partial charge on any atom is 0.224 e. The smallest absolute Gasteiger partial charge is 0.224 e. The molecule has 0 bridgehead atoms. The first kappa shape index (κ1) is 12.0. The van der Waals surface area contributed by atoms with Crippen LogP contribution in [0.15, 0.2) is 24.3 Å². The van der Waals surface area contributed by atoms with Crippen molar-refractivity contribution in [3.8, 4) is 0 Å². The molecule has 0 saturated carbocycles. The van der Waals surface area contributed by atoms with Crippen molar-refractivity contribution in [2.24, 2.45) is 0 Å². The molecular weight excluding hydrogens is 223 g/mol. The molecule has 1 amide bonds. The van der Waals surface area contributed by atoms with Gasteiger partial charge in [-0.3, -0.25) is 4.79 Å². The Labute approximate surface area is 98.8 Å². The minimum Gasteiger partial charge on any atom is -0.385 e. The summed E-state index contributed by atoms with van der Waals surface area (Å²) in [7, 11) is 0. The van der Waals surface area contributed by atoms with Crippen molar-refractivity contribution in [2.75, 3.05) is 19.6 Å². The molecule has 17 heavy (non-hydrogen) atoms. The van der Waals surface area contributed by atoms with Gasteiger partial charge in [0.15, 0.2) is 0 Å². The van der Waals surface area contributed by atoms with Crippen LogP contribution in [0.1, 0.15) is 5.56 Å². The lowest BCUT2D eigenvalue weighted by molar-refractivity contribution is -0.122. The predicted molar refractivity (Wildman–Crippen MR) is 60.9 cm³/mol. The van der Waals surface area contributed by atoms with E-state index in [-0.39, 0.29) is 24.7 Å². The Balaban J connectivity index is 1.83. The average molecular weight is 238 g/mol. The molecule has 0 aromatic heterocycles. The molecule has 3 N–H and O–H groups in total. The van der Waals surface area contributed by atoms with Gasteiger partial charge in [0.05, 0.1) is 6.42 Å². The number of β-amino-alcohol motifs (C(OH)–C–C–N with tert-alkyl or cyclic N) is 1.